The Morgan fingerprint density at radius 1 is 0.700 bits per heavy atom. The first kappa shape index (κ1) is 19.7. The van der Waals surface area contributed by atoms with E-state index in [0.717, 1.165) is 25.0 Å². The van der Waals surface area contributed by atoms with Crippen molar-refractivity contribution in [2.45, 2.75) is 110 Å². The maximum Gasteiger partial charge on any atom is 0.119 e. The summed E-state index contributed by atoms with van der Waals surface area (Å²) in [4.78, 5) is 10.2. The molecule has 120 valence electrons. The van der Waals surface area contributed by atoms with Gasteiger partial charge in [0.25, 0.3) is 0 Å². The Balaban J connectivity index is 2.97. The monoisotopic (exact) mass is 282 g/mol. The molecule has 1 heteroatoms. The highest BCUT2D eigenvalue weighted by Gasteiger charge is 1.98. The van der Waals surface area contributed by atoms with E-state index in [-0.39, 0.29) is 0 Å². The summed E-state index contributed by atoms with van der Waals surface area (Å²) in [5, 5.41) is 0. The van der Waals surface area contributed by atoms with Crippen LogP contribution in [0.5, 0.6) is 0 Å². The van der Waals surface area contributed by atoms with Crippen LogP contribution in [0.3, 0.4) is 0 Å². The zero-order chi connectivity index (χ0) is 14.9. The van der Waals surface area contributed by atoms with Crippen molar-refractivity contribution in [1.82, 2.24) is 0 Å². The second kappa shape index (κ2) is 16.7. The summed E-state index contributed by atoms with van der Waals surface area (Å²) in [6.45, 7) is 4.67. The van der Waals surface area contributed by atoms with E-state index in [2.05, 4.69) is 13.8 Å². The summed E-state index contributed by atoms with van der Waals surface area (Å²) < 4.78 is 0. The van der Waals surface area contributed by atoms with Crippen LogP contribution in [0.4, 0.5) is 0 Å². The molecule has 0 radical (unpaired) electrons. The van der Waals surface area contributed by atoms with Gasteiger partial charge >= 0.3 is 0 Å². The maximum atomic E-state index is 10.2. The molecule has 1 unspecified atom stereocenters. The van der Waals surface area contributed by atoms with E-state index < -0.39 is 0 Å². The zero-order valence-corrected chi connectivity index (χ0v) is 14.2. The summed E-state index contributed by atoms with van der Waals surface area (Å²) in [6, 6.07) is 0. The van der Waals surface area contributed by atoms with Crippen molar-refractivity contribution in [3.63, 3.8) is 0 Å². The normalized spacial score (nSPS) is 12.5. The lowest BCUT2D eigenvalue weighted by atomic mass is 9.99. The van der Waals surface area contributed by atoms with Gasteiger partial charge < -0.3 is 4.79 Å². The van der Waals surface area contributed by atoms with E-state index in [1.165, 1.54) is 83.5 Å². The van der Waals surface area contributed by atoms with Gasteiger partial charge in [-0.2, -0.15) is 0 Å². The highest BCUT2D eigenvalue weighted by molar-refractivity contribution is 5.48. The molecule has 0 rings (SSSR count). The minimum absolute atomic E-state index is 0.761. The molecular formula is C19H38O. The Labute approximate surface area is 127 Å². The number of aldehydes is 1. The first-order chi connectivity index (χ1) is 9.81. The number of hydrogen-bond acceptors (Lipinski definition) is 1. The summed E-state index contributed by atoms with van der Waals surface area (Å²) in [5.41, 5.74) is 0. The Hall–Kier alpha value is -0.330. The summed E-state index contributed by atoms with van der Waals surface area (Å²) in [7, 11) is 0. The molecule has 0 amide bonds. The molecular weight excluding hydrogens is 244 g/mol. The summed E-state index contributed by atoms with van der Waals surface area (Å²) in [6.07, 6.45) is 21.1. The molecule has 1 atom stereocenters. The third kappa shape index (κ3) is 15.7. The fourth-order valence-corrected chi connectivity index (χ4v) is 2.69. The number of hydrogen-bond donors (Lipinski definition) is 0. The van der Waals surface area contributed by atoms with Gasteiger partial charge in [-0.1, -0.05) is 97.3 Å². The fourth-order valence-electron chi connectivity index (χ4n) is 2.69. The SMILES string of the molecule is CCC(C)CCCCCCCCCCCCCCC=O. The highest BCUT2D eigenvalue weighted by atomic mass is 16.1. The van der Waals surface area contributed by atoms with Crippen molar-refractivity contribution in [1.29, 1.82) is 0 Å². The number of carbonyl (C=O) groups excluding carboxylic acids is 1. The van der Waals surface area contributed by atoms with Crippen molar-refractivity contribution < 1.29 is 4.79 Å². The molecule has 0 aliphatic heterocycles. The van der Waals surface area contributed by atoms with Crippen LogP contribution in [0.1, 0.15) is 110 Å². The second-order valence-corrected chi connectivity index (χ2v) is 6.50. The van der Waals surface area contributed by atoms with Gasteiger partial charge in [0.05, 0.1) is 0 Å². The molecule has 0 bridgehead atoms. The van der Waals surface area contributed by atoms with Gasteiger partial charge in [0.15, 0.2) is 0 Å². The Kier molecular flexibility index (Phi) is 16.4. The third-order valence-corrected chi connectivity index (χ3v) is 4.47. The van der Waals surface area contributed by atoms with Crippen molar-refractivity contribution in [3.05, 3.63) is 0 Å². The molecule has 0 heterocycles. The lowest BCUT2D eigenvalue weighted by Gasteiger charge is -2.07. The van der Waals surface area contributed by atoms with Crippen LogP contribution in [-0.2, 0) is 4.79 Å². The first-order valence-corrected chi connectivity index (χ1v) is 9.24. The minimum Gasteiger partial charge on any atom is -0.303 e. The zero-order valence-electron chi connectivity index (χ0n) is 14.2. The van der Waals surface area contributed by atoms with E-state index in [1.807, 2.05) is 0 Å². The van der Waals surface area contributed by atoms with Crippen LogP contribution in [0.25, 0.3) is 0 Å². The Bertz CT molecular complexity index is 188. The van der Waals surface area contributed by atoms with E-state index in [4.69, 9.17) is 0 Å². The van der Waals surface area contributed by atoms with Crippen LogP contribution < -0.4 is 0 Å². The van der Waals surface area contributed by atoms with Crippen molar-refractivity contribution in [2.24, 2.45) is 5.92 Å². The number of carbonyl (C=O) groups is 1. The number of rotatable bonds is 16. The molecule has 1 nitrogen and oxygen atoms in total. The highest BCUT2D eigenvalue weighted by Crippen LogP contribution is 2.15. The van der Waals surface area contributed by atoms with E-state index in [9.17, 15) is 4.79 Å². The Morgan fingerprint density at radius 3 is 1.50 bits per heavy atom. The lowest BCUT2D eigenvalue weighted by Crippen LogP contribution is -1.91. The first-order valence-electron chi connectivity index (χ1n) is 9.24. The third-order valence-electron chi connectivity index (χ3n) is 4.47. The molecule has 0 saturated heterocycles. The van der Waals surface area contributed by atoms with Crippen LogP contribution in [0.2, 0.25) is 0 Å². The van der Waals surface area contributed by atoms with Crippen molar-refractivity contribution >= 4 is 6.29 Å². The molecule has 0 fully saturated rings. The van der Waals surface area contributed by atoms with Gasteiger partial charge in [-0.15, -0.1) is 0 Å². The molecule has 0 aliphatic carbocycles. The molecule has 0 N–H and O–H groups in total. The standard InChI is InChI=1S/C19H38O/c1-3-19(2)17-15-13-11-9-7-5-4-6-8-10-12-14-16-18-20/h18-19H,3-17H2,1-2H3. The topological polar surface area (TPSA) is 17.1 Å². The van der Waals surface area contributed by atoms with Gasteiger partial charge in [-0.05, 0) is 12.3 Å². The van der Waals surface area contributed by atoms with Gasteiger partial charge in [0, 0.05) is 6.42 Å². The average Bonchev–Trinajstić information content (AvgIpc) is 2.47. The van der Waals surface area contributed by atoms with Gasteiger partial charge in [0.2, 0.25) is 0 Å². The van der Waals surface area contributed by atoms with E-state index in [1.54, 1.807) is 0 Å². The van der Waals surface area contributed by atoms with Crippen molar-refractivity contribution in [3.8, 4) is 0 Å². The molecule has 20 heavy (non-hydrogen) atoms. The van der Waals surface area contributed by atoms with E-state index in [0.29, 0.717) is 0 Å². The molecule has 0 aromatic carbocycles. The predicted octanol–water partition coefficient (Wildman–Crippen LogP) is 6.69. The molecule has 0 spiro atoms. The Morgan fingerprint density at radius 2 is 1.10 bits per heavy atom. The molecule has 0 aliphatic rings. The van der Waals surface area contributed by atoms with Crippen molar-refractivity contribution in [2.75, 3.05) is 0 Å². The van der Waals surface area contributed by atoms with Gasteiger partial charge in [0.1, 0.15) is 6.29 Å². The van der Waals surface area contributed by atoms with Crippen LogP contribution >= 0.6 is 0 Å². The molecule has 0 aromatic rings. The average molecular weight is 283 g/mol. The van der Waals surface area contributed by atoms with Gasteiger partial charge in [-0.3, -0.25) is 0 Å². The van der Waals surface area contributed by atoms with Crippen LogP contribution in [-0.4, -0.2) is 6.29 Å². The smallest absolute Gasteiger partial charge is 0.119 e. The summed E-state index contributed by atoms with van der Waals surface area (Å²) in [5.74, 6) is 0.932. The molecule has 0 aromatic heterocycles. The second-order valence-electron chi connectivity index (χ2n) is 6.50. The summed E-state index contributed by atoms with van der Waals surface area (Å²) >= 11 is 0. The largest absolute Gasteiger partial charge is 0.303 e. The van der Waals surface area contributed by atoms with Crippen LogP contribution in [0.15, 0.2) is 0 Å². The number of unbranched alkanes of at least 4 members (excludes halogenated alkanes) is 12. The molecule has 0 saturated carbocycles. The quantitative estimate of drug-likeness (QED) is 0.227. The van der Waals surface area contributed by atoms with Crippen LogP contribution in [0, 0.1) is 5.92 Å². The van der Waals surface area contributed by atoms with Gasteiger partial charge in [-0.25, -0.2) is 0 Å². The van der Waals surface area contributed by atoms with E-state index >= 15 is 0 Å². The lowest BCUT2D eigenvalue weighted by molar-refractivity contribution is -0.107. The minimum atomic E-state index is 0.761. The fraction of sp³-hybridized carbons (Fsp3) is 0.947. The maximum absolute atomic E-state index is 10.2. The predicted molar refractivity (Wildman–Crippen MR) is 90.2 cm³/mol.